The van der Waals surface area contributed by atoms with Crippen molar-refractivity contribution in [3.8, 4) is 17.1 Å². The molecule has 0 aliphatic rings. The van der Waals surface area contributed by atoms with E-state index in [1.54, 1.807) is 6.07 Å². The first-order valence-electron chi connectivity index (χ1n) is 9.66. The fourth-order valence-corrected chi connectivity index (χ4v) is 3.18. The highest BCUT2D eigenvalue weighted by Crippen LogP contribution is 2.29. The number of benzene rings is 2. The Labute approximate surface area is 182 Å². The standard InChI is InChI=1S/C21H23FN4O4S/c1-2-29-9-10-30-19-13-16(22)6-7-18(19)20-23-14-24-21(26-20)25-17-5-3-4-15(12-17)8-11-31(27)28/h3-7,12-14H,2,8-11H2,1H3,(H,27,28)(H,23,24,25,26)/p-1. The Morgan fingerprint density at radius 3 is 2.84 bits per heavy atom. The van der Waals surface area contributed by atoms with Crippen molar-refractivity contribution in [1.29, 1.82) is 0 Å². The summed E-state index contributed by atoms with van der Waals surface area (Å²) < 4.78 is 46.2. The Bertz CT molecular complexity index is 1040. The molecule has 0 saturated heterocycles. The first kappa shape index (κ1) is 22.7. The third-order valence-electron chi connectivity index (χ3n) is 4.19. The molecule has 10 heteroatoms. The van der Waals surface area contributed by atoms with Crippen molar-refractivity contribution >= 4 is 22.7 Å². The number of anilines is 2. The predicted octanol–water partition coefficient (Wildman–Crippen LogP) is 3.26. The number of aromatic nitrogens is 3. The van der Waals surface area contributed by atoms with Crippen molar-refractivity contribution in [3.05, 3.63) is 60.2 Å². The van der Waals surface area contributed by atoms with Gasteiger partial charge in [-0.1, -0.05) is 23.2 Å². The lowest BCUT2D eigenvalue weighted by Gasteiger charge is -2.12. The molecule has 3 aromatic rings. The van der Waals surface area contributed by atoms with Gasteiger partial charge in [-0.2, -0.15) is 4.98 Å². The lowest BCUT2D eigenvalue weighted by atomic mass is 10.1. The molecule has 1 unspecified atom stereocenters. The van der Waals surface area contributed by atoms with E-state index in [0.29, 0.717) is 48.4 Å². The zero-order valence-corrected chi connectivity index (χ0v) is 17.7. The Balaban J connectivity index is 1.78. The molecule has 0 fully saturated rings. The van der Waals surface area contributed by atoms with Crippen LogP contribution in [0.25, 0.3) is 11.4 Å². The van der Waals surface area contributed by atoms with Crippen LogP contribution in [0.3, 0.4) is 0 Å². The van der Waals surface area contributed by atoms with Crippen molar-refractivity contribution in [3.63, 3.8) is 0 Å². The second-order valence-electron chi connectivity index (χ2n) is 6.40. The van der Waals surface area contributed by atoms with Crippen LogP contribution in [0.2, 0.25) is 0 Å². The maximum absolute atomic E-state index is 13.7. The number of halogens is 1. The number of hydrogen-bond donors (Lipinski definition) is 1. The molecule has 8 nitrogen and oxygen atoms in total. The number of hydrogen-bond acceptors (Lipinski definition) is 8. The van der Waals surface area contributed by atoms with Crippen LogP contribution in [0, 0.1) is 5.82 Å². The number of rotatable bonds is 11. The lowest BCUT2D eigenvalue weighted by molar-refractivity contribution is 0.110. The largest absolute Gasteiger partial charge is 0.772 e. The zero-order valence-electron chi connectivity index (χ0n) is 16.9. The van der Waals surface area contributed by atoms with Gasteiger partial charge in [0.15, 0.2) is 5.82 Å². The minimum atomic E-state index is -2.09. The third-order valence-corrected chi connectivity index (χ3v) is 4.72. The highest BCUT2D eigenvalue weighted by atomic mass is 32.2. The fraction of sp³-hybridized carbons (Fsp3) is 0.286. The average Bonchev–Trinajstić information content (AvgIpc) is 2.76. The summed E-state index contributed by atoms with van der Waals surface area (Å²) in [5, 5.41) is 3.08. The minimum absolute atomic E-state index is 0.0516. The van der Waals surface area contributed by atoms with Crippen molar-refractivity contribution in [1.82, 2.24) is 15.0 Å². The molecule has 0 amide bonds. The monoisotopic (exact) mass is 445 g/mol. The second kappa shape index (κ2) is 11.4. The van der Waals surface area contributed by atoms with Gasteiger partial charge in [0.2, 0.25) is 5.95 Å². The molecule has 0 bridgehead atoms. The SMILES string of the molecule is CCOCCOc1cc(F)ccc1-c1ncnc(Nc2cccc(CCS(=O)[O-])c2)n1. The second-order valence-corrected chi connectivity index (χ2v) is 7.42. The Kier molecular flexibility index (Phi) is 8.39. The number of nitrogens with one attached hydrogen (secondary N) is 1. The smallest absolute Gasteiger partial charge is 0.230 e. The van der Waals surface area contributed by atoms with E-state index in [1.165, 1.54) is 18.5 Å². The van der Waals surface area contributed by atoms with Crippen molar-refractivity contribution < 1.29 is 22.6 Å². The highest BCUT2D eigenvalue weighted by molar-refractivity contribution is 7.79. The molecular formula is C21H22FN4O4S-. The molecule has 1 atom stereocenters. The highest BCUT2D eigenvalue weighted by Gasteiger charge is 2.12. The van der Waals surface area contributed by atoms with E-state index in [4.69, 9.17) is 9.47 Å². The van der Waals surface area contributed by atoms with Gasteiger partial charge in [-0.15, -0.1) is 0 Å². The molecule has 31 heavy (non-hydrogen) atoms. The summed E-state index contributed by atoms with van der Waals surface area (Å²) in [5.41, 5.74) is 2.10. The van der Waals surface area contributed by atoms with E-state index in [1.807, 2.05) is 31.2 Å². The van der Waals surface area contributed by atoms with Gasteiger partial charge in [0, 0.05) is 24.1 Å². The van der Waals surface area contributed by atoms with Gasteiger partial charge < -0.3 is 19.3 Å². The maximum Gasteiger partial charge on any atom is 0.230 e. The molecule has 0 radical (unpaired) electrons. The molecule has 0 aliphatic heterocycles. The molecule has 164 valence electrons. The van der Waals surface area contributed by atoms with Crippen LogP contribution in [0.5, 0.6) is 5.75 Å². The van der Waals surface area contributed by atoms with Crippen molar-refractivity contribution in [2.75, 3.05) is 30.9 Å². The van der Waals surface area contributed by atoms with Crippen LogP contribution in [0.15, 0.2) is 48.8 Å². The van der Waals surface area contributed by atoms with E-state index >= 15 is 0 Å². The summed E-state index contributed by atoms with van der Waals surface area (Å²) >= 11 is -2.09. The van der Waals surface area contributed by atoms with Crippen LogP contribution in [0.1, 0.15) is 12.5 Å². The van der Waals surface area contributed by atoms with Gasteiger partial charge in [-0.05, 0) is 43.2 Å². The molecule has 1 aromatic heterocycles. The van der Waals surface area contributed by atoms with Crippen LogP contribution in [-0.4, -0.2) is 49.3 Å². The Morgan fingerprint density at radius 1 is 1.16 bits per heavy atom. The normalized spacial score (nSPS) is 11.8. The van der Waals surface area contributed by atoms with Crippen molar-refractivity contribution in [2.45, 2.75) is 13.3 Å². The Morgan fingerprint density at radius 2 is 2.03 bits per heavy atom. The quantitative estimate of drug-likeness (QED) is 0.354. The molecule has 1 N–H and O–H groups in total. The van der Waals surface area contributed by atoms with Gasteiger partial charge in [-0.25, -0.2) is 14.4 Å². The molecule has 3 rings (SSSR count). The van der Waals surface area contributed by atoms with E-state index in [9.17, 15) is 13.2 Å². The van der Waals surface area contributed by atoms with E-state index in [2.05, 4.69) is 20.3 Å². The molecule has 0 spiro atoms. The minimum Gasteiger partial charge on any atom is -0.772 e. The zero-order chi connectivity index (χ0) is 22.1. The number of aryl methyl sites for hydroxylation is 1. The van der Waals surface area contributed by atoms with E-state index in [-0.39, 0.29) is 12.4 Å². The van der Waals surface area contributed by atoms with Crippen LogP contribution in [0.4, 0.5) is 16.0 Å². The van der Waals surface area contributed by atoms with E-state index in [0.717, 1.165) is 5.56 Å². The summed E-state index contributed by atoms with van der Waals surface area (Å²) in [6.07, 6.45) is 1.76. The van der Waals surface area contributed by atoms with Crippen LogP contribution < -0.4 is 10.1 Å². The molecule has 1 heterocycles. The van der Waals surface area contributed by atoms with Gasteiger partial charge in [-0.3, -0.25) is 4.21 Å². The summed E-state index contributed by atoms with van der Waals surface area (Å²) in [6, 6.07) is 11.5. The maximum atomic E-state index is 13.7. The van der Waals surface area contributed by atoms with E-state index < -0.39 is 16.9 Å². The third kappa shape index (κ3) is 7.06. The molecule has 2 aromatic carbocycles. The molecular weight excluding hydrogens is 423 g/mol. The van der Waals surface area contributed by atoms with Gasteiger partial charge in [0.25, 0.3) is 0 Å². The van der Waals surface area contributed by atoms with Crippen LogP contribution >= 0.6 is 0 Å². The lowest BCUT2D eigenvalue weighted by Crippen LogP contribution is -2.08. The number of nitrogens with zero attached hydrogens (tertiary/aromatic N) is 3. The first-order chi connectivity index (χ1) is 15.0. The van der Waals surface area contributed by atoms with Crippen molar-refractivity contribution in [2.24, 2.45) is 0 Å². The van der Waals surface area contributed by atoms with Gasteiger partial charge >= 0.3 is 0 Å². The average molecular weight is 445 g/mol. The molecule has 0 aliphatic carbocycles. The van der Waals surface area contributed by atoms with Gasteiger partial charge in [0.05, 0.1) is 12.2 Å². The summed E-state index contributed by atoms with van der Waals surface area (Å²) in [5.74, 6) is 0.541. The summed E-state index contributed by atoms with van der Waals surface area (Å²) in [4.78, 5) is 12.7. The Hall–Kier alpha value is -2.95. The summed E-state index contributed by atoms with van der Waals surface area (Å²) in [6.45, 7) is 3.10. The predicted molar refractivity (Wildman–Crippen MR) is 114 cm³/mol. The topological polar surface area (TPSA) is 109 Å². The fourth-order valence-electron chi connectivity index (χ4n) is 2.78. The molecule has 0 saturated carbocycles. The van der Waals surface area contributed by atoms with Gasteiger partial charge in [0.1, 0.15) is 24.5 Å². The number of ether oxygens (including phenoxy) is 2. The summed E-state index contributed by atoms with van der Waals surface area (Å²) in [7, 11) is 0. The van der Waals surface area contributed by atoms with Crippen LogP contribution in [-0.2, 0) is 22.2 Å². The first-order valence-corrected chi connectivity index (χ1v) is 10.9.